The Bertz CT molecular complexity index is 908. The SMILES string of the molecule is Cc1ccc(C(=O)N(Cc2ccco2)c2ccc(F)cc2F)c(C)n1. The van der Waals surface area contributed by atoms with Gasteiger partial charge in [0.15, 0.2) is 0 Å². The number of hydrogen-bond donors (Lipinski definition) is 0. The fraction of sp³-hybridized carbons (Fsp3) is 0.158. The van der Waals surface area contributed by atoms with E-state index in [2.05, 4.69) is 4.98 Å². The molecular formula is C19H16F2N2O2. The van der Waals surface area contributed by atoms with Gasteiger partial charge < -0.3 is 4.42 Å². The Morgan fingerprint density at radius 3 is 2.60 bits per heavy atom. The Labute approximate surface area is 143 Å². The molecule has 0 aliphatic carbocycles. The summed E-state index contributed by atoms with van der Waals surface area (Å²) in [4.78, 5) is 18.5. The quantitative estimate of drug-likeness (QED) is 0.705. The van der Waals surface area contributed by atoms with Crippen LogP contribution in [-0.2, 0) is 6.54 Å². The molecule has 0 bridgehead atoms. The molecule has 0 spiro atoms. The molecular weight excluding hydrogens is 326 g/mol. The number of furan rings is 1. The second-order valence-electron chi connectivity index (χ2n) is 5.65. The number of benzene rings is 1. The van der Waals surface area contributed by atoms with Gasteiger partial charge in [-0.05, 0) is 50.2 Å². The molecule has 2 aromatic heterocycles. The van der Waals surface area contributed by atoms with Crippen LogP contribution < -0.4 is 4.90 Å². The third-order valence-electron chi connectivity index (χ3n) is 3.80. The van der Waals surface area contributed by atoms with E-state index >= 15 is 0 Å². The molecule has 0 fully saturated rings. The molecule has 2 heterocycles. The zero-order valence-electron chi connectivity index (χ0n) is 13.8. The molecule has 1 aromatic carbocycles. The number of aromatic nitrogens is 1. The van der Waals surface area contributed by atoms with Gasteiger partial charge in [0, 0.05) is 11.8 Å². The highest BCUT2D eigenvalue weighted by molar-refractivity contribution is 6.06. The van der Waals surface area contributed by atoms with Gasteiger partial charge in [0.05, 0.1) is 29.8 Å². The summed E-state index contributed by atoms with van der Waals surface area (Å²) >= 11 is 0. The molecule has 25 heavy (non-hydrogen) atoms. The van der Waals surface area contributed by atoms with Crippen LogP contribution in [0.3, 0.4) is 0 Å². The standard InChI is InChI=1S/C19H16F2N2O2/c1-12-5-7-16(13(2)22-12)19(24)23(11-15-4-3-9-25-15)18-8-6-14(20)10-17(18)21/h3-10H,11H2,1-2H3. The van der Waals surface area contributed by atoms with Crippen LogP contribution in [0, 0.1) is 25.5 Å². The number of anilines is 1. The number of amides is 1. The summed E-state index contributed by atoms with van der Waals surface area (Å²) in [7, 11) is 0. The highest BCUT2D eigenvalue weighted by Gasteiger charge is 2.24. The predicted octanol–water partition coefficient (Wildman–Crippen LogP) is 4.42. The predicted molar refractivity (Wildman–Crippen MR) is 89.3 cm³/mol. The van der Waals surface area contributed by atoms with Crippen LogP contribution in [0.15, 0.2) is 53.1 Å². The van der Waals surface area contributed by atoms with E-state index in [-0.39, 0.29) is 12.2 Å². The van der Waals surface area contributed by atoms with E-state index in [0.717, 1.165) is 17.8 Å². The van der Waals surface area contributed by atoms with Crippen LogP contribution in [0.2, 0.25) is 0 Å². The molecule has 4 nitrogen and oxygen atoms in total. The number of nitrogens with zero attached hydrogens (tertiary/aromatic N) is 2. The molecule has 0 atom stereocenters. The van der Waals surface area contributed by atoms with Crippen molar-refractivity contribution in [1.29, 1.82) is 0 Å². The smallest absolute Gasteiger partial charge is 0.260 e. The van der Waals surface area contributed by atoms with Crippen molar-refractivity contribution in [3.05, 3.63) is 83.1 Å². The lowest BCUT2D eigenvalue weighted by molar-refractivity contribution is 0.0981. The summed E-state index contributed by atoms with van der Waals surface area (Å²) in [5.74, 6) is -1.49. The minimum Gasteiger partial charge on any atom is -0.467 e. The molecule has 0 saturated carbocycles. The maximum absolute atomic E-state index is 14.3. The number of aryl methyl sites for hydroxylation is 2. The molecule has 1 amide bonds. The summed E-state index contributed by atoms with van der Waals surface area (Å²) in [5, 5.41) is 0. The number of halogens is 2. The first-order chi connectivity index (χ1) is 12.0. The second-order valence-corrected chi connectivity index (χ2v) is 5.65. The molecule has 0 radical (unpaired) electrons. The average molecular weight is 342 g/mol. The number of hydrogen-bond acceptors (Lipinski definition) is 3. The highest BCUT2D eigenvalue weighted by Crippen LogP contribution is 2.25. The number of carbonyl (C=O) groups excluding carboxylic acids is 1. The molecule has 0 aliphatic heterocycles. The summed E-state index contributed by atoms with van der Waals surface area (Å²) in [6.45, 7) is 3.55. The van der Waals surface area contributed by atoms with Crippen molar-refractivity contribution in [3.63, 3.8) is 0 Å². The molecule has 128 valence electrons. The van der Waals surface area contributed by atoms with Crippen molar-refractivity contribution >= 4 is 11.6 Å². The third-order valence-corrected chi connectivity index (χ3v) is 3.80. The summed E-state index contributed by atoms with van der Waals surface area (Å²) in [6.07, 6.45) is 1.47. The normalized spacial score (nSPS) is 10.7. The zero-order valence-corrected chi connectivity index (χ0v) is 13.8. The maximum Gasteiger partial charge on any atom is 0.260 e. The van der Waals surface area contributed by atoms with Gasteiger partial charge >= 0.3 is 0 Å². The van der Waals surface area contributed by atoms with Crippen LogP contribution in [0.1, 0.15) is 27.5 Å². The van der Waals surface area contributed by atoms with E-state index in [1.54, 1.807) is 31.2 Å². The lowest BCUT2D eigenvalue weighted by Gasteiger charge is -2.23. The Kier molecular flexibility index (Phi) is 4.61. The van der Waals surface area contributed by atoms with Crippen molar-refractivity contribution in [3.8, 4) is 0 Å². The molecule has 0 unspecified atom stereocenters. The van der Waals surface area contributed by atoms with Crippen molar-refractivity contribution < 1.29 is 18.0 Å². The van der Waals surface area contributed by atoms with E-state index in [4.69, 9.17) is 4.42 Å². The van der Waals surface area contributed by atoms with Gasteiger partial charge in [0.1, 0.15) is 17.4 Å². The van der Waals surface area contributed by atoms with Crippen LogP contribution in [-0.4, -0.2) is 10.9 Å². The van der Waals surface area contributed by atoms with Gasteiger partial charge in [-0.15, -0.1) is 0 Å². The van der Waals surface area contributed by atoms with E-state index in [0.29, 0.717) is 17.0 Å². The minimum absolute atomic E-state index is 0.0156. The molecule has 0 saturated heterocycles. The lowest BCUT2D eigenvalue weighted by Crippen LogP contribution is -2.32. The van der Waals surface area contributed by atoms with Gasteiger partial charge in [0.25, 0.3) is 5.91 Å². The topological polar surface area (TPSA) is 46.3 Å². The molecule has 0 aliphatic rings. The highest BCUT2D eigenvalue weighted by atomic mass is 19.1. The van der Waals surface area contributed by atoms with Crippen molar-refractivity contribution in [2.75, 3.05) is 4.90 Å². The monoisotopic (exact) mass is 342 g/mol. The first-order valence-electron chi connectivity index (χ1n) is 7.69. The second kappa shape index (κ2) is 6.84. The van der Waals surface area contributed by atoms with Gasteiger partial charge in [-0.1, -0.05) is 0 Å². The first-order valence-corrected chi connectivity index (χ1v) is 7.69. The van der Waals surface area contributed by atoms with Crippen LogP contribution >= 0.6 is 0 Å². The van der Waals surface area contributed by atoms with Gasteiger partial charge in [-0.2, -0.15) is 0 Å². The van der Waals surface area contributed by atoms with Crippen molar-refractivity contribution in [2.45, 2.75) is 20.4 Å². The summed E-state index contributed by atoms with van der Waals surface area (Å²) in [6, 6.07) is 9.82. The number of rotatable bonds is 4. The van der Waals surface area contributed by atoms with Crippen molar-refractivity contribution in [1.82, 2.24) is 4.98 Å². The summed E-state index contributed by atoms with van der Waals surface area (Å²) in [5.41, 5.74) is 1.64. The van der Waals surface area contributed by atoms with Crippen LogP contribution in [0.5, 0.6) is 0 Å². The van der Waals surface area contributed by atoms with Crippen LogP contribution in [0.4, 0.5) is 14.5 Å². The largest absolute Gasteiger partial charge is 0.467 e. The number of pyridine rings is 1. The van der Waals surface area contributed by atoms with E-state index in [9.17, 15) is 13.6 Å². The van der Waals surface area contributed by atoms with Gasteiger partial charge in [-0.25, -0.2) is 8.78 Å². The Hall–Kier alpha value is -3.02. The fourth-order valence-corrected chi connectivity index (χ4v) is 2.58. The number of carbonyl (C=O) groups is 1. The molecule has 3 aromatic rings. The third kappa shape index (κ3) is 3.57. The van der Waals surface area contributed by atoms with E-state index in [1.165, 1.54) is 17.2 Å². The van der Waals surface area contributed by atoms with Gasteiger partial charge in [0.2, 0.25) is 0 Å². The Balaban J connectivity index is 2.05. The maximum atomic E-state index is 14.3. The van der Waals surface area contributed by atoms with E-state index < -0.39 is 17.5 Å². The van der Waals surface area contributed by atoms with Crippen LogP contribution in [0.25, 0.3) is 0 Å². The average Bonchev–Trinajstić information content (AvgIpc) is 3.06. The molecule has 6 heteroatoms. The fourth-order valence-electron chi connectivity index (χ4n) is 2.58. The molecule has 0 N–H and O–H groups in total. The summed E-state index contributed by atoms with van der Waals surface area (Å²) < 4.78 is 32.8. The molecule has 3 rings (SSSR count). The zero-order chi connectivity index (χ0) is 18.0. The first kappa shape index (κ1) is 16.8. The van der Waals surface area contributed by atoms with Gasteiger partial charge in [-0.3, -0.25) is 14.7 Å². The lowest BCUT2D eigenvalue weighted by atomic mass is 10.1. The van der Waals surface area contributed by atoms with Crippen molar-refractivity contribution in [2.24, 2.45) is 0 Å². The van der Waals surface area contributed by atoms with E-state index in [1.807, 2.05) is 6.92 Å². The Morgan fingerprint density at radius 1 is 1.16 bits per heavy atom. The minimum atomic E-state index is -0.822. The Morgan fingerprint density at radius 2 is 1.96 bits per heavy atom.